The fraction of sp³-hybridized carbons (Fsp3) is 0.535. The van der Waals surface area contributed by atoms with Crippen molar-refractivity contribution < 1.29 is 28.7 Å². The minimum absolute atomic E-state index is 0.0592. The van der Waals surface area contributed by atoms with E-state index < -0.39 is 5.97 Å². The number of methoxy groups -OCH3 is 1. The summed E-state index contributed by atoms with van der Waals surface area (Å²) in [6.07, 6.45) is 5.94. The summed E-state index contributed by atoms with van der Waals surface area (Å²) in [5.41, 5.74) is 7.74. The zero-order valence-electron chi connectivity index (χ0n) is 33.5. The summed E-state index contributed by atoms with van der Waals surface area (Å²) >= 11 is 0. The van der Waals surface area contributed by atoms with Gasteiger partial charge in [0, 0.05) is 70.3 Å². The van der Waals surface area contributed by atoms with Gasteiger partial charge in [0.05, 0.1) is 41.6 Å². The topological polar surface area (TPSA) is 156 Å². The normalized spacial score (nSPS) is 18.0. The van der Waals surface area contributed by atoms with Crippen LogP contribution in [0, 0.1) is 13.8 Å². The maximum atomic E-state index is 14.6. The number of ketones is 1. The van der Waals surface area contributed by atoms with E-state index in [9.17, 15) is 19.2 Å². The molecule has 5 rings (SSSR count). The van der Waals surface area contributed by atoms with Crippen LogP contribution in [0.4, 0.5) is 0 Å². The number of amides is 1. The number of rotatable bonds is 14. The summed E-state index contributed by atoms with van der Waals surface area (Å²) < 4.78 is 10.8. The van der Waals surface area contributed by atoms with Crippen LogP contribution in [0.15, 0.2) is 18.2 Å². The number of aromatic amines is 2. The van der Waals surface area contributed by atoms with Crippen LogP contribution in [-0.4, -0.2) is 63.8 Å². The van der Waals surface area contributed by atoms with Gasteiger partial charge in [0.15, 0.2) is 5.78 Å². The second kappa shape index (κ2) is 17.6. The number of Topliss-reactive ketones (excluding diaryl/α,β-unsaturated/α-hetero) is 1. The van der Waals surface area contributed by atoms with Crippen molar-refractivity contribution in [2.24, 2.45) is 0 Å². The van der Waals surface area contributed by atoms with E-state index in [-0.39, 0.29) is 58.9 Å². The van der Waals surface area contributed by atoms with Crippen LogP contribution in [0.2, 0.25) is 0 Å². The molecular formula is C43H57N5O6. The number of hydrogen-bond acceptors (Lipinski definition) is 8. The Hall–Kier alpha value is -4.80. The van der Waals surface area contributed by atoms with E-state index in [4.69, 9.17) is 19.4 Å². The first-order chi connectivity index (χ1) is 25.9. The first-order valence-corrected chi connectivity index (χ1v) is 19.7. The van der Waals surface area contributed by atoms with Gasteiger partial charge in [-0.05, 0) is 75.8 Å². The minimum atomic E-state index is -0.577. The molecule has 290 valence electrons. The number of aromatic nitrogens is 4. The second-order valence-corrected chi connectivity index (χ2v) is 14.9. The zero-order valence-corrected chi connectivity index (χ0v) is 33.5. The molecule has 0 saturated carbocycles. The molecule has 2 aliphatic heterocycles. The predicted molar refractivity (Wildman–Crippen MR) is 211 cm³/mol. The average Bonchev–Trinajstić information content (AvgIpc) is 3.82. The molecule has 3 aromatic heterocycles. The van der Waals surface area contributed by atoms with Crippen molar-refractivity contribution in [3.05, 3.63) is 68.8 Å². The van der Waals surface area contributed by atoms with Crippen LogP contribution in [-0.2, 0) is 14.3 Å². The van der Waals surface area contributed by atoms with Crippen molar-refractivity contribution in [1.29, 1.82) is 0 Å². The fourth-order valence-corrected chi connectivity index (χ4v) is 8.07. The first-order valence-electron chi connectivity index (χ1n) is 19.7. The van der Waals surface area contributed by atoms with Crippen LogP contribution in [0.5, 0.6) is 0 Å². The highest BCUT2D eigenvalue weighted by atomic mass is 16.5. The quantitative estimate of drug-likeness (QED) is 0.0840. The van der Waals surface area contributed by atoms with E-state index in [2.05, 4.69) is 36.1 Å². The smallest absolute Gasteiger partial charge is 0.340 e. The molecule has 0 aromatic carbocycles. The number of nitrogens with one attached hydrogen (secondary N) is 3. The lowest BCUT2D eigenvalue weighted by atomic mass is 9.85. The highest BCUT2D eigenvalue weighted by Gasteiger charge is 2.36. The van der Waals surface area contributed by atoms with Crippen LogP contribution < -0.4 is 5.32 Å². The van der Waals surface area contributed by atoms with Gasteiger partial charge < -0.3 is 24.8 Å². The van der Waals surface area contributed by atoms with Gasteiger partial charge in [0.25, 0.3) is 5.91 Å². The Kier molecular flexibility index (Phi) is 13.1. The van der Waals surface area contributed by atoms with E-state index >= 15 is 0 Å². The number of esters is 2. The Balaban J connectivity index is 1.93. The largest absolute Gasteiger partial charge is 0.466 e. The molecule has 11 nitrogen and oxygen atoms in total. The third kappa shape index (κ3) is 8.15. The molecule has 4 atom stereocenters. The average molecular weight is 740 g/mol. The van der Waals surface area contributed by atoms with Gasteiger partial charge in [0.2, 0.25) is 0 Å². The van der Waals surface area contributed by atoms with Gasteiger partial charge in [0.1, 0.15) is 0 Å². The molecule has 8 bridgehead atoms. The molecular weight excluding hydrogens is 683 g/mol. The molecule has 0 fully saturated rings. The summed E-state index contributed by atoms with van der Waals surface area (Å²) in [7, 11) is 1.33. The Morgan fingerprint density at radius 1 is 0.778 bits per heavy atom. The molecule has 0 spiro atoms. The monoisotopic (exact) mass is 739 g/mol. The third-order valence-corrected chi connectivity index (χ3v) is 11.2. The highest BCUT2D eigenvalue weighted by molar-refractivity contribution is 6.11. The molecule has 0 unspecified atom stereocenters. The summed E-state index contributed by atoms with van der Waals surface area (Å²) in [6, 6.07) is 5.89. The van der Waals surface area contributed by atoms with E-state index in [1.54, 1.807) is 6.92 Å². The third-order valence-electron chi connectivity index (χ3n) is 11.2. The number of carbonyl (C=O) groups is 4. The van der Waals surface area contributed by atoms with Crippen LogP contribution in [0.3, 0.4) is 0 Å². The molecule has 3 N–H and O–H groups in total. The van der Waals surface area contributed by atoms with E-state index in [1.807, 2.05) is 45.9 Å². The Bertz CT molecular complexity index is 2080. The van der Waals surface area contributed by atoms with Gasteiger partial charge in [-0.3, -0.25) is 24.4 Å². The molecule has 1 amide bonds. The SMILES string of the molecule is CCCCCCNC(=O)c1c2nc(cc3[nH]c(cc4nc(cc5[nH]c1c(C(=O)OC)c5C)[C@H](CC)[C@H]4C)c(C(C)=O)c3C)[C@@H](C)[C@@H]2CCC(=O)OCCC. The molecule has 0 aliphatic carbocycles. The Labute approximate surface area is 318 Å². The van der Waals surface area contributed by atoms with E-state index in [0.29, 0.717) is 65.1 Å². The number of fused-ring (bicyclic) bond motifs is 8. The molecule has 2 aliphatic rings. The van der Waals surface area contributed by atoms with E-state index in [0.717, 1.165) is 54.6 Å². The molecule has 11 heteroatoms. The van der Waals surface area contributed by atoms with Gasteiger partial charge in [-0.1, -0.05) is 53.9 Å². The van der Waals surface area contributed by atoms with Gasteiger partial charge in [-0.25, -0.2) is 4.79 Å². The zero-order chi connectivity index (χ0) is 39.3. The van der Waals surface area contributed by atoms with Crippen molar-refractivity contribution in [3.63, 3.8) is 0 Å². The lowest BCUT2D eigenvalue weighted by molar-refractivity contribution is -0.143. The number of nitrogens with zero attached hydrogens (tertiary/aromatic N) is 2. The number of H-pyrrole nitrogens is 2. The summed E-state index contributed by atoms with van der Waals surface area (Å²) in [6.45, 7) is 16.5. The lowest BCUT2D eigenvalue weighted by Crippen LogP contribution is -2.27. The molecule has 54 heavy (non-hydrogen) atoms. The maximum absolute atomic E-state index is 14.6. The van der Waals surface area contributed by atoms with Crippen LogP contribution >= 0.6 is 0 Å². The number of hydrogen-bond donors (Lipinski definition) is 3. The summed E-state index contributed by atoms with van der Waals surface area (Å²) in [4.78, 5) is 71.6. The predicted octanol–water partition coefficient (Wildman–Crippen LogP) is 9.15. The molecule has 0 saturated heterocycles. The standard InChI is InChI=1S/C43H57N5O6/c1-10-13-14-15-18-44-42(51)39-40-29(16-17-36(50)54-19-11-2)24(5)31(47-40)20-32-25(6)37(27(8)49)35(46-32)22-30-23(4)28(12-3)34(45-30)21-33-26(7)38(41(39)48-33)43(52)53-9/h20-24,28-29,46,48H,10-19H2,1-9H3,(H,44,51)/t23-,24+,28-,29+/m1/s1. The maximum Gasteiger partial charge on any atom is 0.340 e. The fourth-order valence-electron chi connectivity index (χ4n) is 8.07. The van der Waals surface area contributed by atoms with Crippen LogP contribution in [0.1, 0.15) is 182 Å². The number of aryl methyl sites for hydroxylation is 2. The molecule has 3 aromatic rings. The number of unbranched alkanes of at least 4 members (excludes halogenated alkanes) is 3. The second-order valence-electron chi connectivity index (χ2n) is 14.9. The van der Waals surface area contributed by atoms with Gasteiger partial charge in [-0.2, -0.15) is 0 Å². The van der Waals surface area contributed by atoms with Crippen molar-refractivity contribution in [1.82, 2.24) is 25.3 Å². The molecule has 5 heterocycles. The lowest BCUT2D eigenvalue weighted by Gasteiger charge is -2.18. The number of carbonyl (C=O) groups excluding carboxylic acids is 4. The van der Waals surface area contributed by atoms with Crippen molar-refractivity contribution in [2.45, 2.75) is 130 Å². The van der Waals surface area contributed by atoms with Crippen molar-refractivity contribution >= 4 is 45.7 Å². The van der Waals surface area contributed by atoms with Crippen LogP contribution in [0.25, 0.3) is 22.1 Å². The van der Waals surface area contributed by atoms with E-state index in [1.165, 1.54) is 7.11 Å². The highest BCUT2D eigenvalue weighted by Crippen LogP contribution is 2.43. The molecule has 0 radical (unpaired) electrons. The summed E-state index contributed by atoms with van der Waals surface area (Å²) in [5.74, 6) is -1.79. The summed E-state index contributed by atoms with van der Waals surface area (Å²) in [5, 5.41) is 3.13. The van der Waals surface area contributed by atoms with Crippen molar-refractivity contribution in [2.75, 3.05) is 20.3 Å². The first kappa shape index (κ1) is 40.4. The Morgan fingerprint density at radius 2 is 1.43 bits per heavy atom. The Morgan fingerprint density at radius 3 is 2.09 bits per heavy atom. The van der Waals surface area contributed by atoms with Crippen molar-refractivity contribution in [3.8, 4) is 0 Å². The van der Waals surface area contributed by atoms with Gasteiger partial charge in [-0.15, -0.1) is 0 Å². The van der Waals surface area contributed by atoms with Gasteiger partial charge >= 0.3 is 11.9 Å². The minimum Gasteiger partial charge on any atom is -0.466 e. The number of ether oxygens (including phenoxy) is 2.